The van der Waals surface area contributed by atoms with Gasteiger partial charge in [0, 0.05) is 19.1 Å². The van der Waals surface area contributed by atoms with Crippen LogP contribution in [0.2, 0.25) is 0 Å². The average molecular weight is 322 g/mol. The summed E-state index contributed by atoms with van der Waals surface area (Å²) in [4.78, 5) is 2.84. The van der Waals surface area contributed by atoms with Crippen molar-refractivity contribution >= 4 is 10.0 Å². The van der Waals surface area contributed by atoms with Gasteiger partial charge < -0.3 is 0 Å². The van der Waals surface area contributed by atoms with Crippen LogP contribution in [0.15, 0.2) is 29.2 Å². The summed E-state index contributed by atoms with van der Waals surface area (Å²) < 4.78 is 27.6. The number of benzene rings is 1. The molecule has 0 spiro atoms. The maximum absolute atomic E-state index is 12.4. The molecule has 3 heterocycles. The van der Waals surface area contributed by atoms with Crippen LogP contribution in [0, 0.1) is 18.8 Å². The third-order valence-electron chi connectivity index (χ3n) is 5.38. The third-order valence-corrected chi connectivity index (χ3v) is 6.82. The van der Waals surface area contributed by atoms with Crippen LogP contribution in [0.25, 0.3) is 0 Å². The molecule has 0 aromatic heterocycles. The number of nitrogens with zero attached hydrogens (tertiary/aromatic N) is 1. The van der Waals surface area contributed by atoms with Crippen molar-refractivity contribution in [3.05, 3.63) is 29.8 Å². The fourth-order valence-corrected chi connectivity index (χ4v) is 5.00. The van der Waals surface area contributed by atoms with Crippen molar-refractivity contribution in [2.75, 3.05) is 19.6 Å². The normalized spacial score (nSPS) is 31.4. The maximum atomic E-state index is 12.4. The molecule has 122 valence electrons. The number of sulfonamides is 1. The zero-order chi connectivity index (χ0) is 15.7. The lowest BCUT2D eigenvalue weighted by Crippen LogP contribution is -2.56. The van der Waals surface area contributed by atoms with E-state index >= 15 is 0 Å². The van der Waals surface area contributed by atoms with Gasteiger partial charge in [-0.2, -0.15) is 0 Å². The molecular formula is C17H26N2O2S. The Bertz CT molecular complexity index is 612. The summed E-state index contributed by atoms with van der Waals surface area (Å²) in [6.45, 7) is 7.01. The molecule has 1 aromatic rings. The molecule has 4 atom stereocenters. The van der Waals surface area contributed by atoms with E-state index in [4.69, 9.17) is 0 Å². The number of hydrogen-bond acceptors (Lipinski definition) is 3. The fraction of sp³-hybridized carbons (Fsp3) is 0.647. The van der Waals surface area contributed by atoms with E-state index in [1.54, 1.807) is 12.1 Å². The molecule has 3 aliphatic rings. The van der Waals surface area contributed by atoms with Gasteiger partial charge in [-0.25, -0.2) is 13.1 Å². The smallest absolute Gasteiger partial charge is 0.240 e. The first-order valence-corrected chi connectivity index (χ1v) is 9.78. The second-order valence-electron chi connectivity index (χ2n) is 6.77. The number of piperidine rings is 3. The van der Waals surface area contributed by atoms with E-state index in [1.165, 1.54) is 12.8 Å². The second-order valence-corrected chi connectivity index (χ2v) is 8.53. The minimum Gasteiger partial charge on any atom is -0.299 e. The molecule has 0 amide bonds. The van der Waals surface area contributed by atoms with Crippen LogP contribution in [-0.4, -0.2) is 39.0 Å². The molecule has 1 N–H and O–H groups in total. The van der Waals surface area contributed by atoms with Crippen LogP contribution in [0.3, 0.4) is 0 Å². The maximum Gasteiger partial charge on any atom is 0.240 e. The Kier molecular flexibility index (Phi) is 4.57. The van der Waals surface area contributed by atoms with Gasteiger partial charge in [-0.05, 0) is 50.3 Å². The molecular weight excluding hydrogens is 296 g/mol. The average Bonchev–Trinajstić information content (AvgIpc) is 2.54. The van der Waals surface area contributed by atoms with Gasteiger partial charge in [0.25, 0.3) is 0 Å². The zero-order valence-corrected chi connectivity index (χ0v) is 14.3. The van der Waals surface area contributed by atoms with Crippen LogP contribution in [0.1, 0.15) is 31.7 Å². The van der Waals surface area contributed by atoms with Gasteiger partial charge in [0.05, 0.1) is 4.90 Å². The molecule has 5 heteroatoms. The highest BCUT2D eigenvalue weighted by Gasteiger charge is 2.39. The first kappa shape index (κ1) is 16.0. The standard InChI is InChI=1S/C17H26N2O2S/c1-3-14-12-19-9-8-15(14)10-16(19)11-18-22(20,21)17-6-4-13(2)5-7-17/h4-7,14-16,18H,3,8-12H2,1-2H3. The first-order valence-electron chi connectivity index (χ1n) is 8.30. The van der Waals surface area contributed by atoms with Crippen molar-refractivity contribution in [1.82, 2.24) is 9.62 Å². The largest absolute Gasteiger partial charge is 0.299 e. The predicted octanol–water partition coefficient (Wildman–Crippen LogP) is 2.39. The summed E-state index contributed by atoms with van der Waals surface area (Å²) in [5.74, 6) is 1.59. The molecule has 4 nitrogen and oxygen atoms in total. The quantitative estimate of drug-likeness (QED) is 0.905. The Morgan fingerprint density at radius 2 is 2.00 bits per heavy atom. The van der Waals surface area contributed by atoms with Crippen molar-refractivity contribution in [2.24, 2.45) is 11.8 Å². The molecule has 4 rings (SSSR count). The van der Waals surface area contributed by atoms with Crippen LogP contribution < -0.4 is 4.72 Å². The first-order chi connectivity index (χ1) is 10.5. The van der Waals surface area contributed by atoms with E-state index in [0.717, 1.165) is 36.9 Å². The number of fused-ring (bicyclic) bond motifs is 3. The van der Waals surface area contributed by atoms with Gasteiger partial charge in [-0.3, -0.25) is 4.90 Å². The second kappa shape index (κ2) is 6.30. The summed E-state index contributed by atoms with van der Waals surface area (Å²) >= 11 is 0. The van der Waals surface area contributed by atoms with E-state index in [-0.39, 0.29) is 0 Å². The Morgan fingerprint density at radius 3 is 2.59 bits per heavy atom. The molecule has 1 aromatic carbocycles. The monoisotopic (exact) mass is 322 g/mol. The van der Waals surface area contributed by atoms with E-state index in [2.05, 4.69) is 16.5 Å². The van der Waals surface area contributed by atoms with Gasteiger partial charge in [-0.1, -0.05) is 31.0 Å². The number of hydrogen-bond donors (Lipinski definition) is 1. The van der Waals surface area contributed by atoms with Crippen LogP contribution in [0.4, 0.5) is 0 Å². The highest BCUT2D eigenvalue weighted by atomic mass is 32.2. The van der Waals surface area contributed by atoms with Crippen molar-refractivity contribution < 1.29 is 8.42 Å². The number of rotatable bonds is 5. The molecule has 3 fully saturated rings. The highest BCUT2D eigenvalue weighted by Crippen LogP contribution is 2.37. The molecule has 2 bridgehead atoms. The van der Waals surface area contributed by atoms with Gasteiger partial charge in [0.15, 0.2) is 0 Å². The van der Waals surface area contributed by atoms with E-state index in [1.807, 2.05) is 19.1 Å². The molecule has 0 radical (unpaired) electrons. The summed E-state index contributed by atoms with van der Waals surface area (Å²) in [6, 6.07) is 7.40. The minimum absolute atomic E-state index is 0.362. The van der Waals surface area contributed by atoms with E-state index < -0.39 is 10.0 Å². The lowest BCUT2D eigenvalue weighted by atomic mass is 9.74. The SMILES string of the molecule is CCC1CN2CCC1CC2CNS(=O)(=O)c1ccc(C)cc1. The predicted molar refractivity (Wildman–Crippen MR) is 88.2 cm³/mol. The van der Waals surface area contributed by atoms with Crippen molar-refractivity contribution in [2.45, 2.75) is 44.0 Å². The van der Waals surface area contributed by atoms with Gasteiger partial charge in [0.2, 0.25) is 10.0 Å². The summed E-state index contributed by atoms with van der Waals surface area (Å²) in [6.07, 6.45) is 3.65. The Morgan fingerprint density at radius 1 is 1.27 bits per heavy atom. The number of nitrogens with one attached hydrogen (secondary N) is 1. The molecule has 0 aliphatic carbocycles. The van der Waals surface area contributed by atoms with Crippen molar-refractivity contribution in [3.8, 4) is 0 Å². The summed E-state index contributed by atoms with van der Waals surface area (Å²) in [7, 11) is -3.39. The lowest BCUT2D eigenvalue weighted by molar-refractivity contribution is 0.00236. The van der Waals surface area contributed by atoms with E-state index in [9.17, 15) is 8.42 Å². The summed E-state index contributed by atoms with van der Waals surface area (Å²) in [5.41, 5.74) is 1.07. The van der Waals surface area contributed by atoms with Gasteiger partial charge >= 0.3 is 0 Å². The van der Waals surface area contributed by atoms with Crippen LogP contribution in [-0.2, 0) is 10.0 Å². The van der Waals surface area contributed by atoms with Crippen LogP contribution in [0.5, 0.6) is 0 Å². The fourth-order valence-electron chi connectivity index (χ4n) is 3.93. The molecule has 22 heavy (non-hydrogen) atoms. The van der Waals surface area contributed by atoms with Gasteiger partial charge in [-0.15, -0.1) is 0 Å². The number of aryl methyl sites for hydroxylation is 1. The van der Waals surface area contributed by atoms with Crippen molar-refractivity contribution in [1.29, 1.82) is 0 Å². The van der Waals surface area contributed by atoms with Crippen molar-refractivity contribution in [3.63, 3.8) is 0 Å². The van der Waals surface area contributed by atoms with Gasteiger partial charge in [0.1, 0.15) is 0 Å². The minimum atomic E-state index is -3.39. The highest BCUT2D eigenvalue weighted by molar-refractivity contribution is 7.89. The zero-order valence-electron chi connectivity index (χ0n) is 13.5. The molecule has 0 saturated carbocycles. The molecule has 3 aliphatic heterocycles. The Hall–Kier alpha value is -0.910. The summed E-state index contributed by atoms with van der Waals surface area (Å²) in [5, 5.41) is 0. The molecule has 4 unspecified atom stereocenters. The third kappa shape index (κ3) is 3.21. The topological polar surface area (TPSA) is 49.4 Å². The van der Waals surface area contributed by atoms with Crippen LogP contribution >= 0.6 is 0 Å². The lowest BCUT2D eigenvalue weighted by Gasteiger charge is -2.49. The Balaban J connectivity index is 1.62. The van der Waals surface area contributed by atoms with E-state index in [0.29, 0.717) is 17.5 Å². The Labute approximate surface area is 134 Å². The molecule has 3 saturated heterocycles.